The number of hydrogen-bond donors (Lipinski definition) is 4. The summed E-state index contributed by atoms with van der Waals surface area (Å²) in [6.07, 6.45) is 5.50. The quantitative estimate of drug-likeness (QED) is 0.479. The van der Waals surface area contributed by atoms with Gasteiger partial charge in [0.15, 0.2) is 0 Å². The van der Waals surface area contributed by atoms with Gasteiger partial charge in [0.25, 0.3) is 0 Å². The normalized spacial score (nSPS) is 22.3. The molecule has 0 saturated heterocycles. The van der Waals surface area contributed by atoms with Crippen molar-refractivity contribution in [3.8, 4) is 22.4 Å². The molecule has 30 heavy (non-hydrogen) atoms. The first-order valence-corrected chi connectivity index (χ1v) is 10.5. The van der Waals surface area contributed by atoms with E-state index in [0.717, 1.165) is 53.0 Å². The molecule has 7 heteroatoms. The third kappa shape index (κ3) is 3.03. The number of pyridine rings is 2. The van der Waals surface area contributed by atoms with Crippen molar-refractivity contribution in [2.45, 2.75) is 37.4 Å². The molecule has 1 fully saturated rings. The zero-order valence-electron chi connectivity index (χ0n) is 16.4. The molecule has 2 unspecified atom stereocenters. The lowest BCUT2D eigenvalue weighted by molar-refractivity contribution is 0.175. The smallest absolute Gasteiger partial charge is 0.131 e. The van der Waals surface area contributed by atoms with E-state index < -0.39 is 0 Å². The number of anilines is 2. The zero-order chi connectivity index (χ0) is 20.9. The number of nitrogen functional groups attached to an aromatic ring is 1. The van der Waals surface area contributed by atoms with Gasteiger partial charge in [0.2, 0.25) is 0 Å². The Hall–Kier alpha value is -2.67. The molecule has 6 nitrogen and oxygen atoms in total. The number of fused-ring (bicyclic) bond motifs is 2. The molecule has 1 aromatic carbocycles. The van der Waals surface area contributed by atoms with Crippen LogP contribution in [0.15, 0.2) is 42.7 Å². The Kier molecular flexibility index (Phi) is 4.65. The van der Waals surface area contributed by atoms with E-state index in [1.807, 2.05) is 24.3 Å². The SMILES string of the molecule is Nc1cc(-c2cnc3c(c2Cl)C2(CCC(O)C2)CN3)cc(-c2ncccc2CO)c1. The fourth-order valence-electron chi connectivity index (χ4n) is 4.91. The Bertz CT molecular complexity index is 1130. The lowest BCUT2D eigenvalue weighted by Crippen LogP contribution is -2.26. The summed E-state index contributed by atoms with van der Waals surface area (Å²) < 4.78 is 0. The van der Waals surface area contributed by atoms with Crippen molar-refractivity contribution in [2.75, 3.05) is 17.6 Å². The van der Waals surface area contributed by atoms with Crippen molar-refractivity contribution in [3.63, 3.8) is 0 Å². The number of hydrogen-bond acceptors (Lipinski definition) is 6. The molecule has 0 radical (unpaired) electrons. The lowest BCUT2D eigenvalue weighted by atomic mass is 9.80. The molecule has 2 aromatic heterocycles. The molecule has 1 saturated carbocycles. The van der Waals surface area contributed by atoms with Crippen molar-refractivity contribution < 1.29 is 10.2 Å². The van der Waals surface area contributed by atoms with Crippen LogP contribution in [-0.4, -0.2) is 32.8 Å². The number of aliphatic hydroxyl groups excluding tert-OH is 2. The Labute approximate surface area is 179 Å². The standard InChI is InChI=1S/C23H23ClN4O2/c24-20-18(10-27-22-19(20)23(12-28-22)4-3-17(30)9-23)14-6-15(8-16(25)7-14)21-13(11-29)2-1-5-26-21/h1-2,5-8,10,17,29-30H,3-4,9,11-12,25H2,(H,27,28). The number of aromatic nitrogens is 2. The predicted octanol–water partition coefficient (Wildman–Crippen LogP) is 3.75. The van der Waals surface area contributed by atoms with Crippen molar-refractivity contribution in [2.24, 2.45) is 0 Å². The second kappa shape index (κ2) is 7.23. The first kappa shape index (κ1) is 19.3. The number of nitrogens with one attached hydrogen (secondary N) is 1. The van der Waals surface area contributed by atoms with E-state index in [0.29, 0.717) is 22.8 Å². The minimum Gasteiger partial charge on any atom is -0.399 e. The van der Waals surface area contributed by atoms with Crippen LogP contribution < -0.4 is 11.1 Å². The van der Waals surface area contributed by atoms with Gasteiger partial charge in [-0.05, 0) is 49.1 Å². The highest BCUT2D eigenvalue weighted by Crippen LogP contribution is 2.52. The summed E-state index contributed by atoms with van der Waals surface area (Å²) in [4.78, 5) is 9.07. The van der Waals surface area contributed by atoms with Gasteiger partial charge in [-0.15, -0.1) is 0 Å². The van der Waals surface area contributed by atoms with Gasteiger partial charge < -0.3 is 21.3 Å². The number of nitrogens with two attached hydrogens (primary N) is 1. The lowest BCUT2D eigenvalue weighted by Gasteiger charge is -2.24. The third-order valence-electron chi connectivity index (χ3n) is 6.32. The average molecular weight is 423 g/mol. The summed E-state index contributed by atoms with van der Waals surface area (Å²) in [6.45, 7) is 0.635. The van der Waals surface area contributed by atoms with Crippen LogP contribution in [-0.2, 0) is 12.0 Å². The number of benzene rings is 1. The van der Waals surface area contributed by atoms with Crippen LogP contribution in [0.1, 0.15) is 30.4 Å². The first-order valence-electron chi connectivity index (χ1n) is 10.1. The molecule has 1 aliphatic carbocycles. The summed E-state index contributed by atoms with van der Waals surface area (Å²) >= 11 is 6.96. The highest BCUT2D eigenvalue weighted by atomic mass is 35.5. The van der Waals surface area contributed by atoms with Gasteiger partial charge in [0, 0.05) is 52.3 Å². The van der Waals surface area contributed by atoms with Gasteiger partial charge in [-0.25, -0.2) is 4.98 Å². The van der Waals surface area contributed by atoms with Gasteiger partial charge >= 0.3 is 0 Å². The molecule has 5 rings (SSSR count). The molecule has 3 aromatic rings. The molecule has 3 heterocycles. The molecule has 2 aliphatic rings. The van der Waals surface area contributed by atoms with Gasteiger partial charge in [-0.1, -0.05) is 17.7 Å². The fraction of sp³-hybridized carbons (Fsp3) is 0.304. The molecule has 5 N–H and O–H groups in total. The largest absolute Gasteiger partial charge is 0.399 e. The highest BCUT2D eigenvalue weighted by molar-refractivity contribution is 6.34. The van der Waals surface area contributed by atoms with Crippen LogP contribution in [0.4, 0.5) is 11.5 Å². The monoisotopic (exact) mass is 422 g/mol. The van der Waals surface area contributed by atoms with E-state index in [1.54, 1.807) is 18.5 Å². The first-order chi connectivity index (χ1) is 14.5. The topological polar surface area (TPSA) is 104 Å². The van der Waals surface area contributed by atoms with E-state index in [9.17, 15) is 10.2 Å². The second-order valence-corrected chi connectivity index (χ2v) is 8.63. The molecule has 1 spiro atoms. The van der Waals surface area contributed by atoms with Gasteiger partial charge in [0.05, 0.1) is 23.4 Å². The van der Waals surface area contributed by atoms with E-state index in [1.165, 1.54) is 0 Å². The van der Waals surface area contributed by atoms with Crippen molar-refractivity contribution in [1.29, 1.82) is 0 Å². The Balaban J connectivity index is 1.64. The summed E-state index contributed by atoms with van der Waals surface area (Å²) in [6, 6.07) is 9.34. The minimum absolute atomic E-state index is 0.106. The molecular weight excluding hydrogens is 400 g/mol. The number of rotatable bonds is 3. The van der Waals surface area contributed by atoms with E-state index in [2.05, 4.69) is 15.3 Å². The summed E-state index contributed by atoms with van der Waals surface area (Å²) in [5, 5.41) is 23.9. The molecule has 0 bridgehead atoms. The molecular formula is C23H23ClN4O2. The summed E-state index contributed by atoms with van der Waals surface area (Å²) in [7, 11) is 0. The molecule has 0 amide bonds. The maximum atomic E-state index is 10.2. The van der Waals surface area contributed by atoms with Crippen LogP contribution >= 0.6 is 11.6 Å². The Morgan fingerprint density at radius 1 is 1.23 bits per heavy atom. The van der Waals surface area contributed by atoms with E-state index in [4.69, 9.17) is 17.3 Å². The number of nitrogens with zero attached hydrogens (tertiary/aromatic N) is 2. The Morgan fingerprint density at radius 3 is 2.83 bits per heavy atom. The molecule has 154 valence electrons. The minimum atomic E-state index is -0.308. The summed E-state index contributed by atoms with van der Waals surface area (Å²) in [5.74, 6) is 0.800. The van der Waals surface area contributed by atoms with Crippen molar-refractivity contribution in [1.82, 2.24) is 9.97 Å². The van der Waals surface area contributed by atoms with Crippen LogP contribution in [0.25, 0.3) is 22.4 Å². The van der Waals surface area contributed by atoms with Crippen LogP contribution in [0.2, 0.25) is 5.02 Å². The predicted molar refractivity (Wildman–Crippen MR) is 118 cm³/mol. The van der Waals surface area contributed by atoms with E-state index >= 15 is 0 Å². The van der Waals surface area contributed by atoms with Gasteiger partial charge in [-0.3, -0.25) is 4.98 Å². The second-order valence-electron chi connectivity index (χ2n) is 8.25. The maximum Gasteiger partial charge on any atom is 0.131 e. The number of halogens is 1. The Morgan fingerprint density at radius 2 is 2.07 bits per heavy atom. The van der Waals surface area contributed by atoms with Gasteiger partial charge in [-0.2, -0.15) is 0 Å². The average Bonchev–Trinajstić information content (AvgIpc) is 3.31. The highest BCUT2D eigenvalue weighted by Gasteiger charge is 2.47. The summed E-state index contributed by atoms with van der Waals surface area (Å²) in [5.41, 5.74) is 11.5. The zero-order valence-corrected chi connectivity index (χ0v) is 17.2. The van der Waals surface area contributed by atoms with Crippen LogP contribution in [0.5, 0.6) is 0 Å². The van der Waals surface area contributed by atoms with E-state index in [-0.39, 0.29) is 18.1 Å². The fourth-order valence-corrected chi connectivity index (χ4v) is 5.35. The maximum absolute atomic E-state index is 10.2. The third-order valence-corrected chi connectivity index (χ3v) is 6.72. The molecule has 2 atom stereocenters. The van der Waals surface area contributed by atoms with Crippen molar-refractivity contribution >= 4 is 23.1 Å². The van der Waals surface area contributed by atoms with Crippen molar-refractivity contribution in [3.05, 3.63) is 58.9 Å². The molecule has 1 aliphatic heterocycles. The van der Waals surface area contributed by atoms with Crippen LogP contribution in [0, 0.1) is 0 Å². The van der Waals surface area contributed by atoms with Gasteiger partial charge in [0.1, 0.15) is 5.82 Å². The van der Waals surface area contributed by atoms with Crippen LogP contribution in [0.3, 0.4) is 0 Å². The number of aliphatic hydroxyl groups is 2.